The number of carbonyl (C=O) groups excluding carboxylic acids is 2. The van der Waals surface area contributed by atoms with Crippen LogP contribution in [0.2, 0.25) is 0 Å². The molecule has 0 aliphatic carbocycles. The summed E-state index contributed by atoms with van der Waals surface area (Å²) < 4.78 is 0. The fraction of sp³-hybridized carbons (Fsp3) is 0.0370. The third-order valence-corrected chi connectivity index (χ3v) is 6.59. The molecule has 2 heterocycles. The summed E-state index contributed by atoms with van der Waals surface area (Å²) in [7, 11) is 0. The van der Waals surface area contributed by atoms with Gasteiger partial charge < -0.3 is 10.2 Å². The fourth-order valence-electron chi connectivity index (χ4n) is 4.13. The van der Waals surface area contributed by atoms with Gasteiger partial charge in [-0.1, -0.05) is 60.7 Å². The van der Waals surface area contributed by atoms with Crippen LogP contribution in [0.15, 0.2) is 96.0 Å². The second-order valence-corrected chi connectivity index (χ2v) is 8.74. The first kappa shape index (κ1) is 22.2. The number of aromatic nitrogens is 1. The Bertz CT molecular complexity index is 1460. The number of hydrogen-bond donors (Lipinski definition) is 2. The smallest absolute Gasteiger partial charge is 0.335 e. The largest absolute Gasteiger partial charge is 0.507 e. The maximum atomic E-state index is 13.2. The number of amides is 1. The van der Waals surface area contributed by atoms with E-state index in [2.05, 4.69) is 4.98 Å². The van der Waals surface area contributed by atoms with Crippen LogP contribution >= 0.6 is 11.3 Å². The number of rotatable bonds is 5. The van der Waals surface area contributed by atoms with Crippen LogP contribution in [0, 0.1) is 0 Å². The topological polar surface area (TPSA) is 108 Å². The average Bonchev–Trinajstić information content (AvgIpc) is 3.52. The van der Waals surface area contributed by atoms with Gasteiger partial charge in [0.25, 0.3) is 11.7 Å². The summed E-state index contributed by atoms with van der Waals surface area (Å²) in [6, 6.07) is 20.6. The minimum Gasteiger partial charge on any atom is -0.507 e. The standard InChI is InChI=1S/C27H18N2O5S/c30-23(17-5-2-1-3-6-17)21-22(16-9-11-18(12-10-16)25-28-13-14-35-25)29(26(32)24(21)31)20-8-4-7-19(15-20)27(33)34/h1-15,22,30H,(H,33,34). The van der Waals surface area contributed by atoms with Crippen molar-refractivity contribution < 1.29 is 24.6 Å². The van der Waals surface area contributed by atoms with Gasteiger partial charge in [0.2, 0.25) is 0 Å². The van der Waals surface area contributed by atoms with Crippen molar-refractivity contribution in [3.05, 3.63) is 113 Å². The molecule has 0 spiro atoms. The van der Waals surface area contributed by atoms with Gasteiger partial charge in [-0.15, -0.1) is 11.3 Å². The highest BCUT2D eigenvalue weighted by molar-refractivity contribution is 7.13. The van der Waals surface area contributed by atoms with Gasteiger partial charge in [0.05, 0.1) is 17.2 Å². The Morgan fingerprint density at radius 2 is 1.60 bits per heavy atom. The van der Waals surface area contributed by atoms with E-state index in [0.29, 0.717) is 11.1 Å². The number of carbonyl (C=O) groups is 3. The number of carboxylic acid groups (broad SMARTS) is 1. The van der Waals surface area contributed by atoms with Crippen LogP contribution in [-0.4, -0.2) is 32.9 Å². The van der Waals surface area contributed by atoms with Gasteiger partial charge in [-0.2, -0.15) is 0 Å². The molecule has 1 fully saturated rings. The Hall–Kier alpha value is -4.56. The quantitative estimate of drug-likeness (QED) is 0.232. The molecular formula is C27H18N2O5S. The molecule has 3 aromatic carbocycles. The molecule has 1 saturated heterocycles. The SMILES string of the molecule is O=C1C(=O)N(c2cccc(C(=O)O)c2)C(c2ccc(-c3nccs3)cc2)C1=C(O)c1ccccc1. The number of benzene rings is 3. The van der Waals surface area contributed by atoms with E-state index >= 15 is 0 Å². The highest BCUT2D eigenvalue weighted by Crippen LogP contribution is 2.42. The van der Waals surface area contributed by atoms with E-state index in [1.165, 1.54) is 34.4 Å². The van der Waals surface area contributed by atoms with Crippen LogP contribution in [0.5, 0.6) is 0 Å². The predicted molar refractivity (Wildman–Crippen MR) is 132 cm³/mol. The van der Waals surface area contributed by atoms with Gasteiger partial charge in [0.1, 0.15) is 10.8 Å². The van der Waals surface area contributed by atoms with Crippen LogP contribution in [-0.2, 0) is 9.59 Å². The number of aliphatic hydroxyl groups is 1. The highest BCUT2D eigenvalue weighted by atomic mass is 32.1. The van der Waals surface area contributed by atoms with Gasteiger partial charge in [-0.3, -0.25) is 14.5 Å². The first-order valence-electron chi connectivity index (χ1n) is 10.7. The summed E-state index contributed by atoms with van der Waals surface area (Å²) in [5.74, 6) is -3.15. The average molecular weight is 483 g/mol. The summed E-state index contributed by atoms with van der Waals surface area (Å²) in [6.45, 7) is 0. The molecule has 35 heavy (non-hydrogen) atoms. The Balaban J connectivity index is 1.69. The summed E-state index contributed by atoms with van der Waals surface area (Å²) in [5.41, 5.74) is 2.01. The molecular weight excluding hydrogens is 464 g/mol. The van der Waals surface area contributed by atoms with E-state index in [1.54, 1.807) is 54.7 Å². The Morgan fingerprint density at radius 1 is 0.886 bits per heavy atom. The van der Waals surface area contributed by atoms with Crippen molar-refractivity contribution >= 4 is 40.4 Å². The normalized spacial score (nSPS) is 17.0. The number of thiazole rings is 1. The number of nitrogens with zero attached hydrogens (tertiary/aromatic N) is 2. The molecule has 5 rings (SSSR count). The first-order valence-corrected chi connectivity index (χ1v) is 11.5. The van der Waals surface area contributed by atoms with Crippen molar-refractivity contribution in [1.29, 1.82) is 0 Å². The van der Waals surface area contributed by atoms with E-state index in [-0.39, 0.29) is 22.6 Å². The van der Waals surface area contributed by atoms with Gasteiger partial charge in [0.15, 0.2) is 0 Å². The zero-order valence-electron chi connectivity index (χ0n) is 18.2. The molecule has 1 aromatic heterocycles. The molecule has 0 radical (unpaired) electrons. The first-order chi connectivity index (χ1) is 17.0. The molecule has 172 valence electrons. The maximum Gasteiger partial charge on any atom is 0.335 e. The minimum atomic E-state index is -1.16. The second-order valence-electron chi connectivity index (χ2n) is 7.85. The van der Waals surface area contributed by atoms with Gasteiger partial charge in [-0.25, -0.2) is 9.78 Å². The van der Waals surface area contributed by atoms with Crippen molar-refractivity contribution in [3.8, 4) is 10.6 Å². The number of ketones is 1. The monoisotopic (exact) mass is 482 g/mol. The zero-order valence-corrected chi connectivity index (χ0v) is 19.0. The molecule has 1 aliphatic heterocycles. The van der Waals surface area contributed by atoms with Crippen LogP contribution in [0.4, 0.5) is 5.69 Å². The number of aliphatic hydroxyl groups excluding tert-OH is 1. The summed E-state index contributed by atoms with van der Waals surface area (Å²) in [4.78, 5) is 43.6. The Labute approximate surface area is 204 Å². The summed E-state index contributed by atoms with van der Waals surface area (Å²) in [6.07, 6.45) is 1.71. The van der Waals surface area contributed by atoms with Crippen LogP contribution in [0.3, 0.4) is 0 Å². The zero-order chi connectivity index (χ0) is 24.5. The van der Waals surface area contributed by atoms with Crippen molar-refractivity contribution in [2.75, 3.05) is 4.90 Å². The van der Waals surface area contributed by atoms with Crippen LogP contribution < -0.4 is 4.90 Å². The van der Waals surface area contributed by atoms with E-state index in [4.69, 9.17) is 0 Å². The predicted octanol–water partition coefficient (Wildman–Crippen LogP) is 5.13. The van der Waals surface area contributed by atoms with Crippen LogP contribution in [0.25, 0.3) is 16.3 Å². The summed E-state index contributed by atoms with van der Waals surface area (Å²) >= 11 is 1.48. The molecule has 0 saturated carbocycles. The molecule has 2 N–H and O–H groups in total. The third kappa shape index (κ3) is 4.00. The highest BCUT2D eigenvalue weighted by Gasteiger charge is 2.47. The van der Waals surface area contributed by atoms with Crippen molar-refractivity contribution in [2.45, 2.75) is 6.04 Å². The molecule has 1 amide bonds. The number of aromatic carboxylic acids is 1. The lowest BCUT2D eigenvalue weighted by molar-refractivity contribution is -0.132. The number of carboxylic acids is 1. The molecule has 8 heteroatoms. The lowest BCUT2D eigenvalue weighted by atomic mass is 9.94. The van der Waals surface area contributed by atoms with E-state index < -0.39 is 23.7 Å². The molecule has 1 unspecified atom stereocenters. The number of anilines is 1. The molecule has 0 bridgehead atoms. The van der Waals surface area contributed by atoms with E-state index in [1.807, 2.05) is 17.5 Å². The van der Waals surface area contributed by atoms with Crippen molar-refractivity contribution in [3.63, 3.8) is 0 Å². The fourth-order valence-corrected chi connectivity index (χ4v) is 4.77. The molecule has 7 nitrogen and oxygen atoms in total. The van der Waals surface area contributed by atoms with Gasteiger partial charge in [0, 0.05) is 28.4 Å². The maximum absolute atomic E-state index is 13.2. The Kier molecular flexibility index (Phi) is 5.72. The lowest BCUT2D eigenvalue weighted by Gasteiger charge is -2.26. The molecule has 1 aliphatic rings. The molecule has 1 atom stereocenters. The van der Waals surface area contributed by atoms with E-state index in [9.17, 15) is 24.6 Å². The van der Waals surface area contributed by atoms with Crippen LogP contribution in [0.1, 0.15) is 27.5 Å². The van der Waals surface area contributed by atoms with Gasteiger partial charge >= 0.3 is 5.97 Å². The summed E-state index contributed by atoms with van der Waals surface area (Å²) in [5, 5.41) is 23.3. The van der Waals surface area contributed by atoms with Crippen molar-refractivity contribution in [1.82, 2.24) is 4.98 Å². The van der Waals surface area contributed by atoms with Gasteiger partial charge in [-0.05, 0) is 23.8 Å². The number of Topliss-reactive ketones (excluding diaryl/α,β-unsaturated/α-hetero) is 1. The molecule has 4 aromatic rings. The second kappa shape index (κ2) is 9.00. The minimum absolute atomic E-state index is 0.0228. The lowest BCUT2D eigenvalue weighted by Crippen LogP contribution is -2.29. The van der Waals surface area contributed by atoms with E-state index in [0.717, 1.165) is 10.6 Å². The number of hydrogen-bond acceptors (Lipinski definition) is 6. The Morgan fingerprint density at radius 3 is 2.26 bits per heavy atom. The van der Waals surface area contributed by atoms with Crippen molar-refractivity contribution in [2.24, 2.45) is 0 Å². The third-order valence-electron chi connectivity index (χ3n) is 5.77.